The highest BCUT2D eigenvalue weighted by atomic mass is 35.5. The molecule has 1 N–H and O–H groups in total. The number of methoxy groups -OCH3 is 1. The molecule has 2 aromatic heterocycles. The molecule has 3 aromatic carbocycles. The molecular formula is C31H28ClN3O2. The first kappa shape index (κ1) is 23.4. The van der Waals surface area contributed by atoms with Gasteiger partial charge in [0.25, 0.3) is 5.91 Å². The Bertz CT molecular complexity index is 1610. The lowest BCUT2D eigenvalue weighted by molar-refractivity contribution is 0.102. The average molecular weight is 510 g/mol. The van der Waals surface area contributed by atoms with Gasteiger partial charge in [-0.25, -0.2) is 0 Å². The first-order valence-electron chi connectivity index (χ1n) is 12.6. The van der Waals surface area contributed by atoms with Crippen molar-refractivity contribution in [1.29, 1.82) is 0 Å². The Morgan fingerprint density at radius 2 is 1.73 bits per heavy atom. The zero-order valence-electron chi connectivity index (χ0n) is 20.9. The molecule has 3 heterocycles. The Hall–Kier alpha value is -3.96. The predicted octanol–water partition coefficient (Wildman–Crippen LogP) is 7.63. The molecule has 0 radical (unpaired) electrons. The fourth-order valence-electron chi connectivity index (χ4n) is 5.39. The van der Waals surface area contributed by atoms with Gasteiger partial charge in [0.05, 0.1) is 12.8 Å². The van der Waals surface area contributed by atoms with Crippen LogP contribution < -0.4 is 10.1 Å². The van der Waals surface area contributed by atoms with Crippen LogP contribution in [0, 0.1) is 6.92 Å². The van der Waals surface area contributed by atoms with Crippen LogP contribution in [-0.2, 0) is 13.0 Å². The number of imidazole rings is 1. The Kier molecular flexibility index (Phi) is 6.01. The second-order valence-corrected chi connectivity index (χ2v) is 10.0. The number of nitrogens with zero attached hydrogens (tertiary/aromatic N) is 2. The van der Waals surface area contributed by atoms with Crippen LogP contribution in [0.4, 0.5) is 5.69 Å². The van der Waals surface area contributed by atoms with Gasteiger partial charge in [-0.2, -0.15) is 0 Å². The summed E-state index contributed by atoms with van der Waals surface area (Å²) < 4.78 is 9.84. The molecule has 1 aliphatic rings. The van der Waals surface area contributed by atoms with Crippen molar-refractivity contribution in [2.75, 3.05) is 12.4 Å². The van der Waals surface area contributed by atoms with Gasteiger partial charge in [0, 0.05) is 34.6 Å². The van der Waals surface area contributed by atoms with E-state index in [-0.39, 0.29) is 5.91 Å². The Morgan fingerprint density at radius 1 is 0.973 bits per heavy atom. The lowest BCUT2D eigenvalue weighted by Gasteiger charge is -2.11. The molecule has 0 aliphatic carbocycles. The molecular weight excluding hydrogens is 482 g/mol. The number of amides is 1. The maximum atomic E-state index is 14.0. The Balaban J connectivity index is 1.59. The SMILES string of the molecule is COc1ccc(-c2cn3c(C(=O)Nc4cccc(Cl)c4)c(-c4ccc(C)cc4)c4c3n2CCCC4)cc1. The smallest absolute Gasteiger partial charge is 0.273 e. The minimum atomic E-state index is -0.155. The molecule has 1 amide bonds. The molecule has 0 fully saturated rings. The summed E-state index contributed by atoms with van der Waals surface area (Å²) in [5, 5.41) is 3.68. The molecule has 1 aliphatic heterocycles. The summed E-state index contributed by atoms with van der Waals surface area (Å²) in [5.74, 6) is 0.667. The van der Waals surface area contributed by atoms with Gasteiger partial charge in [0.15, 0.2) is 0 Å². The van der Waals surface area contributed by atoms with E-state index in [9.17, 15) is 4.79 Å². The van der Waals surface area contributed by atoms with Crippen LogP contribution in [0.3, 0.4) is 0 Å². The van der Waals surface area contributed by atoms with E-state index in [1.807, 2.05) is 24.3 Å². The second kappa shape index (κ2) is 9.49. The van der Waals surface area contributed by atoms with Gasteiger partial charge in [-0.05, 0) is 79.8 Å². The van der Waals surface area contributed by atoms with E-state index in [0.717, 1.165) is 59.6 Å². The van der Waals surface area contributed by atoms with Crippen molar-refractivity contribution in [2.24, 2.45) is 0 Å². The monoisotopic (exact) mass is 509 g/mol. The highest BCUT2D eigenvalue weighted by Gasteiger charge is 2.29. The molecule has 0 spiro atoms. The number of ether oxygens (including phenoxy) is 1. The first-order chi connectivity index (χ1) is 18.0. The third-order valence-electron chi connectivity index (χ3n) is 7.16. The number of aromatic nitrogens is 2. The summed E-state index contributed by atoms with van der Waals surface area (Å²) in [6, 6.07) is 23.8. The summed E-state index contributed by atoms with van der Waals surface area (Å²) in [5.41, 5.74) is 9.06. The van der Waals surface area contributed by atoms with E-state index in [4.69, 9.17) is 16.3 Å². The van der Waals surface area contributed by atoms with Crippen molar-refractivity contribution in [3.63, 3.8) is 0 Å². The summed E-state index contributed by atoms with van der Waals surface area (Å²) >= 11 is 6.21. The summed E-state index contributed by atoms with van der Waals surface area (Å²) in [6.07, 6.45) is 5.18. The normalized spacial score (nSPS) is 12.9. The molecule has 6 heteroatoms. The summed E-state index contributed by atoms with van der Waals surface area (Å²) in [6.45, 7) is 2.98. The number of hydrogen-bond donors (Lipinski definition) is 1. The number of carbonyl (C=O) groups is 1. The number of halogens is 1. The number of aryl methyl sites for hydroxylation is 3. The van der Waals surface area contributed by atoms with Gasteiger partial charge in [-0.1, -0.05) is 47.5 Å². The number of benzene rings is 3. The first-order valence-corrected chi connectivity index (χ1v) is 13.0. The molecule has 0 saturated carbocycles. The minimum absolute atomic E-state index is 0.155. The van der Waals surface area contributed by atoms with E-state index >= 15 is 0 Å². The van der Waals surface area contributed by atoms with Crippen molar-refractivity contribution in [1.82, 2.24) is 8.97 Å². The number of anilines is 1. The quantitative estimate of drug-likeness (QED) is 0.264. The number of nitrogens with one attached hydrogen (secondary N) is 1. The lowest BCUT2D eigenvalue weighted by atomic mass is 9.97. The van der Waals surface area contributed by atoms with Gasteiger partial charge in [0.1, 0.15) is 17.1 Å². The third-order valence-corrected chi connectivity index (χ3v) is 7.39. The Morgan fingerprint density at radius 3 is 2.46 bits per heavy atom. The Labute approximate surface area is 221 Å². The van der Waals surface area contributed by atoms with Crippen LogP contribution in [0.1, 0.15) is 34.5 Å². The number of rotatable bonds is 5. The fourth-order valence-corrected chi connectivity index (χ4v) is 5.58. The van der Waals surface area contributed by atoms with Crippen molar-refractivity contribution >= 4 is 28.8 Å². The summed E-state index contributed by atoms with van der Waals surface area (Å²) in [4.78, 5) is 14.0. The number of hydrogen-bond acceptors (Lipinski definition) is 2. The highest BCUT2D eigenvalue weighted by Crippen LogP contribution is 2.40. The van der Waals surface area contributed by atoms with E-state index in [1.54, 1.807) is 19.2 Å². The van der Waals surface area contributed by atoms with Gasteiger partial charge in [0.2, 0.25) is 0 Å². The largest absolute Gasteiger partial charge is 0.497 e. The van der Waals surface area contributed by atoms with E-state index in [0.29, 0.717) is 16.4 Å². The van der Waals surface area contributed by atoms with Crippen LogP contribution in [0.15, 0.2) is 79.0 Å². The molecule has 0 bridgehead atoms. The maximum absolute atomic E-state index is 14.0. The van der Waals surface area contributed by atoms with Crippen LogP contribution in [-0.4, -0.2) is 22.0 Å². The average Bonchev–Trinajstić information content (AvgIpc) is 3.32. The zero-order chi connectivity index (χ0) is 25.5. The topological polar surface area (TPSA) is 47.7 Å². The third kappa shape index (κ3) is 4.19. The molecule has 5 aromatic rings. The van der Waals surface area contributed by atoms with Gasteiger partial charge < -0.3 is 14.6 Å². The van der Waals surface area contributed by atoms with Crippen molar-refractivity contribution in [3.8, 4) is 28.1 Å². The van der Waals surface area contributed by atoms with Crippen molar-refractivity contribution in [2.45, 2.75) is 32.7 Å². The van der Waals surface area contributed by atoms with Crippen LogP contribution in [0.5, 0.6) is 5.75 Å². The molecule has 186 valence electrons. The highest BCUT2D eigenvalue weighted by molar-refractivity contribution is 6.31. The second-order valence-electron chi connectivity index (χ2n) is 9.58. The molecule has 0 unspecified atom stereocenters. The van der Waals surface area contributed by atoms with E-state index in [1.165, 1.54) is 11.1 Å². The zero-order valence-corrected chi connectivity index (χ0v) is 21.7. The van der Waals surface area contributed by atoms with Crippen LogP contribution in [0.2, 0.25) is 5.02 Å². The standard InChI is InChI=1S/C31H28ClN3O2/c1-20-9-11-22(12-10-20)28-26-8-3-4-17-34-27(21-13-15-25(37-2)16-14-21)19-35(31(26)34)29(28)30(36)33-24-7-5-6-23(32)18-24/h5-7,9-16,18-19H,3-4,8,17H2,1-2H3,(H,33,36). The maximum Gasteiger partial charge on any atom is 0.273 e. The van der Waals surface area contributed by atoms with Gasteiger partial charge >= 0.3 is 0 Å². The van der Waals surface area contributed by atoms with Crippen LogP contribution >= 0.6 is 11.6 Å². The predicted molar refractivity (Wildman–Crippen MR) is 150 cm³/mol. The van der Waals surface area contributed by atoms with Crippen molar-refractivity contribution in [3.05, 3.63) is 101 Å². The van der Waals surface area contributed by atoms with E-state index < -0.39 is 0 Å². The molecule has 5 nitrogen and oxygen atoms in total. The molecule has 0 saturated heterocycles. The lowest BCUT2D eigenvalue weighted by Crippen LogP contribution is -2.15. The number of carbonyl (C=O) groups excluding carboxylic acids is 1. The van der Waals surface area contributed by atoms with Crippen molar-refractivity contribution < 1.29 is 9.53 Å². The van der Waals surface area contributed by atoms with Gasteiger partial charge in [-0.3, -0.25) is 9.20 Å². The molecule has 0 atom stereocenters. The fraction of sp³-hybridized carbons (Fsp3) is 0.194. The minimum Gasteiger partial charge on any atom is -0.497 e. The molecule has 37 heavy (non-hydrogen) atoms. The summed E-state index contributed by atoms with van der Waals surface area (Å²) in [7, 11) is 1.67. The van der Waals surface area contributed by atoms with E-state index in [2.05, 4.69) is 63.8 Å². The molecule has 6 rings (SSSR count). The van der Waals surface area contributed by atoms with Gasteiger partial charge in [-0.15, -0.1) is 0 Å². The van der Waals surface area contributed by atoms with Crippen LogP contribution in [0.25, 0.3) is 28.0 Å².